The summed E-state index contributed by atoms with van der Waals surface area (Å²) in [5.41, 5.74) is 0. The van der Waals surface area contributed by atoms with Crippen molar-refractivity contribution >= 4 is 0 Å². The predicted molar refractivity (Wildman–Crippen MR) is 67.2 cm³/mol. The second-order valence-electron chi connectivity index (χ2n) is 4.92. The normalized spacial score (nSPS) is 24.6. The fraction of sp³-hybridized carbons (Fsp3) is 1.00. The maximum absolute atomic E-state index is 11.8. The third kappa shape index (κ3) is 8.44. The summed E-state index contributed by atoms with van der Waals surface area (Å²) in [5.74, 6) is 0. The molecule has 1 saturated carbocycles. The lowest BCUT2D eigenvalue weighted by molar-refractivity contribution is -0.174. The van der Waals surface area contributed by atoms with Gasteiger partial charge < -0.3 is 14.8 Å². The average molecular weight is 283 g/mol. The first-order valence-corrected chi connectivity index (χ1v) is 7.00. The van der Waals surface area contributed by atoms with E-state index >= 15 is 0 Å². The Hall–Kier alpha value is -0.330. The number of alkyl halides is 3. The first kappa shape index (κ1) is 16.7. The van der Waals surface area contributed by atoms with E-state index in [0.717, 1.165) is 32.2 Å². The lowest BCUT2D eigenvalue weighted by Gasteiger charge is -2.29. The summed E-state index contributed by atoms with van der Waals surface area (Å²) in [7, 11) is 0. The van der Waals surface area contributed by atoms with Crippen molar-refractivity contribution in [2.24, 2.45) is 0 Å². The van der Waals surface area contributed by atoms with Gasteiger partial charge in [-0.1, -0.05) is 6.92 Å². The average Bonchev–Trinajstić information content (AvgIpc) is 2.35. The minimum absolute atomic E-state index is 0.103. The molecule has 0 heterocycles. The van der Waals surface area contributed by atoms with Gasteiger partial charge >= 0.3 is 6.18 Å². The van der Waals surface area contributed by atoms with Gasteiger partial charge in [0.1, 0.15) is 6.61 Å². The third-order valence-corrected chi connectivity index (χ3v) is 3.22. The van der Waals surface area contributed by atoms with Crippen LogP contribution in [0.5, 0.6) is 0 Å². The molecule has 0 spiro atoms. The Morgan fingerprint density at radius 2 is 1.79 bits per heavy atom. The molecule has 1 rings (SSSR count). The van der Waals surface area contributed by atoms with Crippen LogP contribution in [0.15, 0.2) is 0 Å². The highest BCUT2D eigenvalue weighted by atomic mass is 19.4. The smallest absolute Gasteiger partial charge is 0.378 e. The summed E-state index contributed by atoms with van der Waals surface area (Å²) < 4.78 is 45.6. The van der Waals surface area contributed by atoms with Gasteiger partial charge in [-0.2, -0.15) is 13.2 Å². The van der Waals surface area contributed by atoms with E-state index < -0.39 is 12.8 Å². The topological polar surface area (TPSA) is 30.5 Å². The molecule has 0 saturated heterocycles. The van der Waals surface area contributed by atoms with Gasteiger partial charge in [0, 0.05) is 19.3 Å². The predicted octanol–water partition coefficient (Wildman–Crippen LogP) is 2.89. The molecule has 1 N–H and O–H groups in total. The molecule has 3 nitrogen and oxygen atoms in total. The summed E-state index contributed by atoms with van der Waals surface area (Å²) in [5, 5.41) is 3.42. The number of rotatable bonds is 8. The van der Waals surface area contributed by atoms with Crippen LogP contribution in [0.4, 0.5) is 13.2 Å². The van der Waals surface area contributed by atoms with Crippen LogP contribution < -0.4 is 5.32 Å². The molecule has 0 aromatic rings. The van der Waals surface area contributed by atoms with E-state index in [1.165, 1.54) is 0 Å². The lowest BCUT2D eigenvalue weighted by Crippen LogP contribution is -2.35. The van der Waals surface area contributed by atoms with Crippen molar-refractivity contribution in [3.05, 3.63) is 0 Å². The highest BCUT2D eigenvalue weighted by Gasteiger charge is 2.27. The van der Waals surface area contributed by atoms with Gasteiger partial charge in [0.25, 0.3) is 0 Å². The minimum atomic E-state index is -4.23. The van der Waals surface area contributed by atoms with Crippen LogP contribution in [-0.4, -0.2) is 44.7 Å². The quantitative estimate of drug-likeness (QED) is 0.695. The zero-order valence-corrected chi connectivity index (χ0v) is 11.5. The van der Waals surface area contributed by atoms with Gasteiger partial charge in [0.15, 0.2) is 0 Å². The molecule has 0 aromatic heterocycles. The Balaban J connectivity index is 1.94. The van der Waals surface area contributed by atoms with Crippen molar-refractivity contribution in [3.8, 4) is 0 Å². The van der Waals surface area contributed by atoms with Gasteiger partial charge in [-0.05, 0) is 38.6 Å². The molecular formula is C13H24F3NO2. The third-order valence-electron chi connectivity index (χ3n) is 3.22. The van der Waals surface area contributed by atoms with Gasteiger partial charge in [0.2, 0.25) is 0 Å². The zero-order valence-electron chi connectivity index (χ0n) is 11.5. The van der Waals surface area contributed by atoms with Crippen LogP contribution in [0, 0.1) is 0 Å². The Morgan fingerprint density at radius 1 is 1.11 bits per heavy atom. The van der Waals surface area contributed by atoms with Crippen molar-refractivity contribution in [1.82, 2.24) is 5.32 Å². The van der Waals surface area contributed by atoms with Gasteiger partial charge in [-0.3, -0.25) is 0 Å². The van der Waals surface area contributed by atoms with E-state index in [1.54, 1.807) is 0 Å². The summed E-state index contributed by atoms with van der Waals surface area (Å²) in [6.45, 7) is 2.51. The van der Waals surface area contributed by atoms with Gasteiger partial charge in [0.05, 0.1) is 6.10 Å². The van der Waals surface area contributed by atoms with Crippen molar-refractivity contribution in [3.63, 3.8) is 0 Å². The molecule has 1 fully saturated rings. The number of nitrogens with one attached hydrogen (secondary N) is 1. The molecular weight excluding hydrogens is 259 g/mol. The van der Waals surface area contributed by atoms with Crippen LogP contribution in [0.25, 0.3) is 0 Å². The van der Waals surface area contributed by atoms with E-state index in [9.17, 15) is 13.2 Å². The molecule has 6 heteroatoms. The maximum Gasteiger partial charge on any atom is 0.411 e. The highest BCUT2D eigenvalue weighted by molar-refractivity contribution is 4.76. The molecule has 0 aromatic carbocycles. The summed E-state index contributed by atoms with van der Waals surface area (Å²) in [4.78, 5) is 0. The second kappa shape index (κ2) is 8.76. The molecule has 0 amide bonds. The van der Waals surface area contributed by atoms with Gasteiger partial charge in [-0.15, -0.1) is 0 Å². The van der Waals surface area contributed by atoms with E-state index in [4.69, 9.17) is 4.74 Å². The monoisotopic (exact) mass is 283 g/mol. The first-order valence-electron chi connectivity index (χ1n) is 7.00. The number of halogens is 3. The molecule has 1 aliphatic rings. The Bertz CT molecular complexity index is 228. The number of hydrogen-bond acceptors (Lipinski definition) is 3. The van der Waals surface area contributed by atoms with Crippen LogP contribution >= 0.6 is 0 Å². The molecule has 0 bridgehead atoms. The molecule has 0 unspecified atom stereocenters. The van der Waals surface area contributed by atoms with Crippen LogP contribution in [-0.2, 0) is 9.47 Å². The van der Waals surface area contributed by atoms with Crippen LogP contribution in [0.2, 0.25) is 0 Å². The maximum atomic E-state index is 11.8. The van der Waals surface area contributed by atoms with Crippen LogP contribution in [0.1, 0.15) is 39.0 Å². The fourth-order valence-corrected chi connectivity index (χ4v) is 2.32. The van der Waals surface area contributed by atoms with E-state index in [1.807, 2.05) is 0 Å². The largest absolute Gasteiger partial charge is 0.411 e. The summed E-state index contributed by atoms with van der Waals surface area (Å²) in [6.07, 6.45) is 0.834. The van der Waals surface area contributed by atoms with Crippen molar-refractivity contribution in [2.75, 3.05) is 26.4 Å². The first-order chi connectivity index (χ1) is 9.01. The van der Waals surface area contributed by atoms with E-state index in [0.29, 0.717) is 19.1 Å². The minimum Gasteiger partial charge on any atom is -0.378 e. The Morgan fingerprint density at radius 3 is 2.37 bits per heavy atom. The standard InChI is InChI=1S/C13H24F3NO2/c1-2-17-11-4-6-12(7-5-11)19-9-3-8-18-10-13(14,15)16/h11-12,17H,2-10H2,1H3. The van der Waals surface area contributed by atoms with E-state index in [-0.39, 0.29) is 12.7 Å². The fourth-order valence-electron chi connectivity index (χ4n) is 2.32. The van der Waals surface area contributed by atoms with Crippen LogP contribution in [0.3, 0.4) is 0 Å². The molecule has 0 aliphatic heterocycles. The molecule has 114 valence electrons. The number of ether oxygens (including phenoxy) is 2. The van der Waals surface area contributed by atoms with Gasteiger partial charge in [-0.25, -0.2) is 0 Å². The molecule has 0 radical (unpaired) electrons. The lowest BCUT2D eigenvalue weighted by atomic mass is 9.93. The Labute approximate surface area is 112 Å². The van der Waals surface area contributed by atoms with Crippen molar-refractivity contribution in [2.45, 2.75) is 57.3 Å². The van der Waals surface area contributed by atoms with Crippen molar-refractivity contribution < 1.29 is 22.6 Å². The Kier molecular flexibility index (Phi) is 7.71. The highest BCUT2D eigenvalue weighted by Crippen LogP contribution is 2.21. The zero-order chi connectivity index (χ0) is 14.1. The summed E-state index contributed by atoms with van der Waals surface area (Å²) >= 11 is 0. The van der Waals surface area contributed by atoms with Crippen molar-refractivity contribution in [1.29, 1.82) is 0 Å². The summed E-state index contributed by atoms with van der Waals surface area (Å²) in [6, 6.07) is 0.597. The van der Waals surface area contributed by atoms with E-state index in [2.05, 4.69) is 17.0 Å². The molecule has 1 aliphatic carbocycles. The number of hydrogen-bond donors (Lipinski definition) is 1. The SMILES string of the molecule is CCNC1CCC(OCCCOCC(F)(F)F)CC1. The second-order valence-corrected chi connectivity index (χ2v) is 4.92. The molecule has 19 heavy (non-hydrogen) atoms. The molecule has 0 atom stereocenters.